The lowest BCUT2D eigenvalue weighted by Gasteiger charge is -2.43. The molecule has 2 aromatic carbocycles. The van der Waals surface area contributed by atoms with Gasteiger partial charge in [0.05, 0.1) is 38.8 Å². The highest BCUT2D eigenvalue weighted by Crippen LogP contribution is 2.35. The SMILES string of the molecule is Cc1cc(C)c2cccc(OCc3c(Cl)ccc(S(=O)(=O)NC4(C(=O)N5CCN(C(=O)[C@@H](N)CCC[N+](C)(C)C)CC5)CCOCC4)c3Cl)c2n1.Cl.[Cl-]. The molecule has 1 aromatic heterocycles. The molecule has 12 nitrogen and oxygen atoms in total. The van der Waals surface area contributed by atoms with E-state index >= 15 is 0 Å². The molecule has 5 rings (SSSR count). The lowest BCUT2D eigenvalue weighted by atomic mass is 9.89. The highest BCUT2D eigenvalue weighted by molar-refractivity contribution is 7.89. The Hall–Kier alpha value is -2.46. The van der Waals surface area contributed by atoms with Crippen LogP contribution < -0.4 is 27.6 Å². The standard InChI is InChI=1S/C36H49Cl2N6O6S.2ClH/c1-24-22-25(2)40-33-26(24)8-6-10-30(33)50-23-27-28(37)11-12-31(32(27)38)51(47,48)41-36(13-20-49-21-14-36)35(46)43-17-15-42(16-18-43)34(45)29(39)9-7-19-44(3,4)5;;/h6,8,10-12,22,29,41H,7,9,13-21,23,39H2,1-5H3;2*1H/q+1;;/p-1/t29-;;/m0../s1. The van der Waals surface area contributed by atoms with Crippen molar-refractivity contribution in [3.8, 4) is 5.75 Å². The van der Waals surface area contributed by atoms with Gasteiger partial charge in [-0.25, -0.2) is 13.4 Å². The van der Waals surface area contributed by atoms with Crippen LogP contribution in [0.4, 0.5) is 0 Å². The normalized spacial score (nSPS) is 16.8. The number of hydrogen-bond acceptors (Lipinski definition) is 8. The van der Waals surface area contributed by atoms with Gasteiger partial charge in [-0.1, -0.05) is 35.3 Å². The molecule has 0 aliphatic carbocycles. The fraction of sp³-hybridized carbons (Fsp3) is 0.528. The van der Waals surface area contributed by atoms with Gasteiger partial charge < -0.3 is 41.9 Å². The zero-order valence-corrected chi connectivity index (χ0v) is 34.7. The highest BCUT2D eigenvalue weighted by atomic mass is 35.5. The molecule has 0 unspecified atom stereocenters. The number of hydrogen-bond donors (Lipinski definition) is 2. The van der Waals surface area contributed by atoms with Crippen LogP contribution in [0.25, 0.3) is 10.9 Å². The van der Waals surface area contributed by atoms with Crippen LogP contribution in [0.2, 0.25) is 10.0 Å². The third-order valence-electron chi connectivity index (χ3n) is 9.57. The maximum Gasteiger partial charge on any atom is 0.244 e. The zero-order valence-electron chi connectivity index (χ0n) is 30.8. The van der Waals surface area contributed by atoms with Crippen molar-refractivity contribution < 1.29 is 44.4 Å². The second-order valence-corrected chi connectivity index (χ2v) is 17.0. The van der Waals surface area contributed by atoms with E-state index in [4.69, 9.17) is 38.4 Å². The molecule has 0 bridgehead atoms. The van der Waals surface area contributed by atoms with Crippen molar-refractivity contribution in [3.63, 3.8) is 0 Å². The number of amides is 2. The number of sulfonamides is 1. The summed E-state index contributed by atoms with van der Waals surface area (Å²) in [4.78, 5) is 35.0. The van der Waals surface area contributed by atoms with Crippen molar-refractivity contribution in [1.82, 2.24) is 19.5 Å². The maximum atomic E-state index is 14.2. The molecule has 0 spiro atoms. The first kappa shape index (κ1) is 44.9. The van der Waals surface area contributed by atoms with E-state index in [-0.39, 0.29) is 103 Å². The molecule has 2 fully saturated rings. The van der Waals surface area contributed by atoms with Crippen molar-refractivity contribution in [1.29, 1.82) is 0 Å². The molecule has 0 radical (unpaired) electrons. The molecule has 3 heterocycles. The molecule has 1 atom stereocenters. The molecule has 0 saturated carbocycles. The number of pyridine rings is 1. The quantitative estimate of drug-likeness (QED) is 0.262. The number of quaternary nitrogens is 1. The number of carbonyl (C=O) groups is 2. The Labute approximate surface area is 335 Å². The van der Waals surface area contributed by atoms with E-state index in [2.05, 4.69) is 30.8 Å². The Balaban J connectivity index is 0.00000378. The van der Waals surface area contributed by atoms with Crippen LogP contribution in [0, 0.1) is 13.8 Å². The van der Waals surface area contributed by atoms with Crippen LogP contribution in [-0.4, -0.2) is 118 Å². The highest BCUT2D eigenvalue weighted by Gasteiger charge is 2.47. The van der Waals surface area contributed by atoms with Gasteiger partial charge >= 0.3 is 0 Å². The summed E-state index contributed by atoms with van der Waals surface area (Å²) in [6.07, 6.45) is 1.68. The lowest BCUT2D eigenvalue weighted by molar-refractivity contribution is -0.870. The summed E-state index contributed by atoms with van der Waals surface area (Å²) in [6.45, 7) is 6.21. The minimum Gasteiger partial charge on any atom is -1.00 e. The van der Waals surface area contributed by atoms with Crippen LogP contribution in [0.1, 0.15) is 42.5 Å². The summed E-state index contributed by atoms with van der Waals surface area (Å²) in [5.74, 6) is 0.00807. The number of aromatic nitrogens is 1. The molecule has 2 amide bonds. The van der Waals surface area contributed by atoms with Gasteiger partial charge in [0.25, 0.3) is 0 Å². The number of nitrogens with zero attached hydrogens (tertiary/aromatic N) is 4. The molecule has 294 valence electrons. The van der Waals surface area contributed by atoms with Crippen molar-refractivity contribution in [3.05, 3.63) is 63.3 Å². The number of para-hydroxylation sites is 1. The maximum absolute atomic E-state index is 14.2. The van der Waals surface area contributed by atoms with Crippen LogP contribution in [0.5, 0.6) is 5.75 Å². The topological polar surface area (TPSA) is 144 Å². The summed E-state index contributed by atoms with van der Waals surface area (Å²) in [7, 11) is 1.94. The van der Waals surface area contributed by atoms with Crippen molar-refractivity contribution in [2.24, 2.45) is 5.73 Å². The van der Waals surface area contributed by atoms with Gasteiger partial charge in [0.1, 0.15) is 28.3 Å². The summed E-state index contributed by atoms with van der Waals surface area (Å²) < 4.78 is 43.4. The van der Waals surface area contributed by atoms with Crippen molar-refractivity contribution in [2.75, 3.05) is 67.1 Å². The molecule has 53 heavy (non-hydrogen) atoms. The number of nitrogens with one attached hydrogen (secondary N) is 1. The van der Waals surface area contributed by atoms with Gasteiger partial charge in [-0.05, 0) is 69.4 Å². The van der Waals surface area contributed by atoms with E-state index in [1.54, 1.807) is 15.9 Å². The molecule has 3 N–H and O–H groups in total. The number of carbonyl (C=O) groups excluding carboxylic acids is 2. The van der Waals surface area contributed by atoms with E-state index < -0.39 is 21.6 Å². The van der Waals surface area contributed by atoms with Gasteiger partial charge in [-0.2, -0.15) is 4.72 Å². The predicted octanol–water partition coefficient (Wildman–Crippen LogP) is 1.48. The average Bonchev–Trinajstić information content (AvgIpc) is 3.07. The number of benzene rings is 2. The van der Waals surface area contributed by atoms with Crippen LogP contribution in [-0.2, 0) is 31.0 Å². The smallest absolute Gasteiger partial charge is 0.244 e. The monoisotopic (exact) mass is 834 g/mol. The molecular weight excluding hydrogens is 786 g/mol. The zero-order chi connectivity index (χ0) is 37.1. The number of nitrogens with two attached hydrogens (primary N) is 1. The van der Waals surface area contributed by atoms with Gasteiger partial charge in [-0.3, -0.25) is 9.59 Å². The number of aryl methyl sites for hydroxylation is 2. The Morgan fingerprint density at radius 1 is 1.06 bits per heavy atom. The summed E-state index contributed by atoms with van der Waals surface area (Å²) >= 11 is 13.3. The van der Waals surface area contributed by atoms with E-state index in [1.165, 1.54) is 12.1 Å². The van der Waals surface area contributed by atoms with Crippen LogP contribution in [0.15, 0.2) is 41.3 Å². The van der Waals surface area contributed by atoms with E-state index in [9.17, 15) is 18.0 Å². The third kappa shape index (κ3) is 10.6. The second kappa shape index (κ2) is 18.4. The van der Waals surface area contributed by atoms with Crippen LogP contribution in [0.3, 0.4) is 0 Å². The van der Waals surface area contributed by atoms with Crippen molar-refractivity contribution in [2.45, 2.75) is 62.6 Å². The number of fused-ring (bicyclic) bond motifs is 1. The Kier molecular flexibility index (Phi) is 15.6. The largest absolute Gasteiger partial charge is 1.00 e. The van der Waals surface area contributed by atoms with Crippen LogP contribution >= 0.6 is 35.6 Å². The number of rotatable bonds is 12. The summed E-state index contributed by atoms with van der Waals surface area (Å²) in [5.41, 5.74) is 7.63. The lowest BCUT2D eigenvalue weighted by Crippen LogP contribution is -3.00. The first-order chi connectivity index (χ1) is 24.0. The number of halogens is 4. The molecular formula is C36H50Cl4N6O6S. The summed E-state index contributed by atoms with van der Waals surface area (Å²) in [6, 6.07) is 9.78. The van der Waals surface area contributed by atoms with Gasteiger partial charge in [0, 0.05) is 61.1 Å². The minimum atomic E-state index is -4.35. The van der Waals surface area contributed by atoms with Gasteiger partial charge in [-0.15, -0.1) is 12.4 Å². The minimum absolute atomic E-state index is 0. The predicted molar refractivity (Wildman–Crippen MR) is 206 cm³/mol. The van der Waals surface area contributed by atoms with E-state index in [0.29, 0.717) is 30.8 Å². The second-order valence-electron chi connectivity index (χ2n) is 14.5. The van der Waals surface area contributed by atoms with Gasteiger partial charge in [0.2, 0.25) is 21.8 Å². The fourth-order valence-corrected chi connectivity index (χ4v) is 9.01. The molecule has 2 saturated heterocycles. The number of piperazine rings is 1. The third-order valence-corrected chi connectivity index (χ3v) is 12.1. The molecule has 3 aromatic rings. The first-order valence-electron chi connectivity index (χ1n) is 17.2. The summed E-state index contributed by atoms with van der Waals surface area (Å²) in [5, 5.41) is 1.07. The van der Waals surface area contributed by atoms with E-state index in [1.807, 2.05) is 32.0 Å². The fourth-order valence-electron chi connectivity index (χ4n) is 6.71. The molecule has 2 aliphatic rings. The average molecular weight is 837 g/mol. The number of ether oxygens (including phenoxy) is 2. The van der Waals surface area contributed by atoms with Gasteiger partial charge in [0.15, 0.2) is 0 Å². The first-order valence-corrected chi connectivity index (χ1v) is 19.5. The Morgan fingerprint density at radius 2 is 1.70 bits per heavy atom. The Morgan fingerprint density at radius 3 is 2.34 bits per heavy atom. The van der Waals surface area contributed by atoms with Crippen molar-refractivity contribution >= 4 is 68.3 Å². The van der Waals surface area contributed by atoms with E-state index in [0.717, 1.165) is 34.1 Å². The molecule has 17 heteroatoms. The molecule has 2 aliphatic heterocycles. The Bertz CT molecular complexity index is 1880.